The molecular formula is C23H24N4O2. The van der Waals surface area contributed by atoms with Crippen LogP contribution < -0.4 is 10.2 Å². The van der Waals surface area contributed by atoms with E-state index in [1.165, 1.54) is 6.92 Å². The molecule has 29 heavy (non-hydrogen) atoms. The van der Waals surface area contributed by atoms with Crippen LogP contribution in [0.25, 0.3) is 0 Å². The third-order valence-corrected chi connectivity index (χ3v) is 4.47. The molecule has 1 N–H and O–H groups in total. The zero-order valence-corrected chi connectivity index (χ0v) is 17.1. The van der Waals surface area contributed by atoms with Crippen LogP contribution in [0.5, 0.6) is 0 Å². The average Bonchev–Trinajstić information content (AvgIpc) is 2.68. The van der Waals surface area contributed by atoms with Gasteiger partial charge in [0, 0.05) is 29.2 Å². The number of carbonyl (C=O) groups is 2. The average molecular weight is 388 g/mol. The molecular weight excluding hydrogens is 364 g/mol. The summed E-state index contributed by atoms with van der Waals surface area (Å²) in [4.78, 5) is 35.2. The molecule has 6 nitrogen and oxygen atoms in total. The highest BCUT2D eigenvalue weighted by molar-refractivity contribution is 6.05. The first-order valence-corrected chi connectivity index (χ1v) is 9.49. The van der Waals surface area contributed by atoms with Crippen LogP contribution in [0.1, 0.15) is 46.0 Å². The lowest BCUT2D eigenvalue weighted by atomic mass is 10.1. The Kier molecular flexibility index (Phi) is 6.02. The molecule has 0 fully saturated rings. The molecule has 0 atom stereocenters. The molecule has 1 aromatic heterocycles. The Morgan fingerprint density at radius 1 is 1.00 bits per heavy atom. The van der Waals surface area contributed by atoms with Crippen LogP contribution in [0.2, 0.25) is 0 Å². The summed E-state index contributed by atoms with van der Waals surface area (Å²) in [5.74, 6) is 0.102. The molecule has 3 aromatic rings. The van der Waals surface area contributed by atoms with Gasteiger partial charge in [-0.25, -0.2) is 9.97 Å². The monoisotopic (exact) mass is 388 g/mol. The molecule has 0 aliphatic heterocycles. The standard InChI is InChI=1S/C23H24N4O2/c1-5-27(20-11-6-8-15(2)12-20)22(29)21-13-16(3)24-23(26-21)25-19-10-7-9-18(14-19)17(4)28/h6-14H,5H2,1-4H3,(H,24,25,26). The molecule has 148 valence electrons. The van der Waals surface area contributed by atoms with Gasteiger partial charge in [0.25, 0.3) is 5.91 Å². The third kappa shape index (κ3) is 4.85. The number of Topliss-reactive ketones (excluding diaryl/α,β-unsaturated/α-hetero) is 1. The summed E-state index contributed by atoms with van der Waals surface area (Å²) >= 11 is 0. The number of anilines is 3. The molecule has 1 heterocycles. The zero-order valence-electron chi connectivity index (χ0n) is 17.1. The van der Waals surface area contributed by atoms with Gasteiger partial charge in [-0.2, -0.15) is 0 Å². The third-order valence-electron chi connectivity index (χ3n) is 4.47. The number of hydrogen-bond donors (Lipinski definition) is 1. The zero-order chi connectivity index (χ0) is 21.0. The Hall–Kier alpha value is -3.54. The fraction of sp³-hybridized carbons (Fsp3) is 0.217. The Labute approximate surface area is 170 Å². The van der Waals surface area contributed by atoms with Crippen LogP contribution in [0.4, 0.5) is 17.3 Å². The number of hydrogen-bond acceptors (Lipinski definition) is 5. The largest absolute Gasteiger partial charge is 0.324 e. The minimum Gasteiger partial charge on any atom is -0.324 e. The molecule has 0 aliphatic carbocycles. The predicted octanol–water partition coefficient (Wildman–Crippen LogP) is 4.71. The van der Waals surface area contributed by atoms with Crippen molar-refractivity contribution in [1.29, 1.82) is 0 Å². The van der Waals surface area contributed by atoms with Crippen molar-refractivity contribution in [3.8, 4) is 0 Å². The van der Waals surface area contributed by atoms with E-state index in [1.807, 2.05) is 51.1 Å². The van der Waals surface area contributed by atoms with E-state index in [1.54, 1.807) is 29.2 Å². The van der Waals surface area contributed by atoms with Gasteiger partial charge in [0.1, 0.15) is 5.69 Å². The number of ketones is 1. The number of nitrogens with one attached hydrogen (secondary N) is 1. The van der Waals surface area contributed by atoms with Crippen molar-refractivity contribution in [3.05, 3.63) is 77.1 Å². The van der Waals surface area contributed by atoms with Gasteiger partial charge in [-0.3, -0.25) is 9.59 Å². The maximum Gasteiger partial charge on any atom is 0.277 e. The lowest BCUT2D eigenvalue weighted by molar-refractivity contribution is 0.0981. The summed E-state index contributed by atoms with van der Waals surface area (Å²) in [7, 11) is 0. The molecule has 6 heteroatoms. The van der Waals surface area contributed by atoms with Gasteiger partial charge in [-0.05, 0) is 63.6 Å². The van der Waals surface area contributed by atoms with E-state index in [2.05, 4.69) is 15.3 Å². The van der Waals surface area contributed by atoms with Crippen LogP contribution >= 0.6 is 0 Å². The van der Waals surface area contributed by atoms with Crippen LogP contribution in [0.15, 0.2) is 54.6 Å². The van der Waals surface area contributed by atoms with Crippen LogP contribution in [0.3, 0.4) is 0 Å². The van der Waals surface area contributed by atoms with Gasteiger partial charge in [0.15, 0.2) is 5.78 Å². The van der Waals surface area contributed by atoms with E-state index < -0.39 is 0 Å². The van der Waals surface area contributed by atoms with Gasteiger partial charge >= 0.3 is 0 Å². The summed E-state index contributed by atoms with van der Waals surface area (Å²) in [6, 6.07) is 16.6. The first-order chi connectivity index (χ1) is 13.9. The number of carbonyl (C=O) groups excluding carboxylic acids is 2. The van der Waals surface area contributed by atoms with E-state index >= 15 is 0 Å². The SMILES string of the molecule is CCN(C(=O)c1cc(C)nc(Nc2cccc(C(C)=O)c2)n1)c1cccc(C)c1. The molecule has 0 saturated carbocycles. The van der Waals surface area contributed by atoms with Gasteiger partial charge in [-0.1, -0.05) is 24.3 Å². The summed E-state index contributed by atoms with van der Waals surface area (Å²) in [6.07, 6.45) is 0. The molecule has 0 unspecified atom stereocenters. The topological polar surface area (TPSA) is 75.2 Å². The van der Waals surface area contributed by atoms with Gasteiger partial charge in [0.2, 0.25) is 5.95 Å². The highest BCUT2D eigenvalue weighted by Gasteiger charge is 2.19. The lowest BCUT2D eigenvalue weighted by Crippen LogP contribution is -2.31. The van der Waals surface area contributed by atoms with Crippen molar-refractivity contribution >= 4 is 29.0 Å². The van der Waals surface area contributed by atoms with E-state index in [0.29, 0.717) is 35.1 Å². The fourth-order valence-electron chi connectivity index (χ4n) is 3.06. The molecule has 0 saturated heterocycles. The number of aryl methyl sites for hydroxylation is 2. The molecule has 2 aromatic carbocycles. The van der Waals surface area contributed by atoms with E-state index in [0.717, 1.165) is 11.3 Å². The maximum atomic E-state index is 13.2. The van der Waals surface area contributed by atoms with E-state index in [-0.39, 0.29) is 11.7 Å². The number of amides is 1. The Morgan fingerprint density at radius 3 is 2.45 bits per heavy atom. The molecule has 1 amide bonds. The number of benzene rings is 2. The van der Waals surface area contributed by atoms with Gasteiger partial charge < -0.3 is 10.2 Å². The van der Waals surface area contributed by atoms with Crippen molar-refractivity contribution in [2.24, 2.45) is 0 Å². The van der Waals surface area contributed by atoms with Gasteiger partial charge in [-0.15, -0.1) is 0 Å². The quantitative estimate of drug-likeness (QED) is 0.619. The van der Waals surface area contributed by atoms with Crippen LogP contribution in [-0.2, 0) is 0 Å². The van der Waals surface area contributed by atoms with Crippen molar-refractivity contribution in [2.45, 2.75) is 27.7 Å². The summed E-state index contributed by atoms with van der Waals surface area (Å²) in [5, 5.41) is 3.10. The van der Waals surface area contributed by atoms with E-state index in [9.17, 15) is 9.59 Å². The molecule has 0 spiro atoms. The Morgan fingerprint density at radius 2 is 1.76 bits per heavy atom. The summed E-state index contributed by atoms with van der Waals surface area (Å²) < 4.78 is 0. The van der Waals surface area contributed by atoms with E-state index in [4.69, 9.17) is 0 Å². The maximum absolute atomic E-state index is 13.2. The fourth-order valence-corrected chi connectivity index (χ4v) is 3.06. The molecule has 0 aliphatic rings. The number of nitrogens with zero attached hydrogens (tertiary/aromatic N) is 3. The predicted molar refractivity (Wildman–Crippen MR) is 115 cm³/mol. The number of rotatable bonds is 6. The Bertz CT molecular complexity index is 1060. The Balaban J connectivity index is 1.91. The second kappa shape index (κ2) is 8.65. The normalized spacial score (nSPS) is 10.5. The minimum absolute atomic E-state index is 0.0218. The van der Waals surface area contributed by atoms with Crippen LogP contribution in [0, 0.1) is 13.8 Å². The second-order valence-electron chi connectivity index (χ2n) is 6.87. The molecule has 0 bridgehead atoms. The smallest absolute Gasteiger partial charge is 0.277 e. The highest BCUT2D eigenvalue weighted by Crippen LogP contribution is 2.20. The first-order valence-electron chi connectivity index (χ1n) is 9.49. The van der Waals surface area contributed by atoms with Gasteiger partial charge in [0.05, 0.1) is 0 Å². The molecule has 0 radical (unpaired) electrons. The van der Waals surface area contributed by atoms with Crippen molar-refractivity contribution in [1.82, 2.24) is 9.97 Å². The lowest BCUT2D eigenvalue weighted by Gasteiger charge is -2.21. The minimum atomic E-state index is -0.191. The van der Waals surface area contributed by atoms with Crippen molar-refractivity contribution < 1.29 is 9.59 Å². The van der Waals surface area contributed by atoms with Crippen LogP contribution in [-0.4, -0.2) is 28.2 Å². The first kappa shape index (κ1) is 20.2. The molecule has 3 rings (SSSR count). The second-order valence-corrected chi connectivity index (χ2v) is 6.87. The van der Waals surface area contributed by atoms with Crippen molar-refractivity contribution in [3.63, 3.8) is 0 Å². The summed E-state index contributed by atoms with van der Waals surface area (Å²) in [5.41, 5.74) is 4.18. The number of aromatic nitrogens is 2. The van der Waals surface area contributed by atoms with Crippen molar-refractivity contribution in [2.75, 3.05) is 16.8 Å². The summed E-state index contributed by atoms with van der Waals surface area (Å²) in [6.45, 7) is 7.78. The highest BCUT2D eigenvalue weighted by atomic mass is 16.2.